The normalized spacial score (nSPS) is 23.4. The molecule has 1 N–H and O–H groups in total. The van der Waals surface area contributed by atoms with Crippen molar-refractivity contribution < 1.29 is 9.59 Å². The van der Waals surface area contributed by atoms with Gasteiger partial charge in [0, 0.05) is 6.54 Å². The number of nitrogens with one attached hydrogen (secondary N) is 1. The van der Waals surface area contributed by atoms with Crippen LogP contribution in [-0.4, -0.2) is 34.8 Å². The van der Waals surface area contributed by atoms with E-state index in [1.807, 2.05) is 25.7 Å². The summed E-state index contributed by atoms with van der Waals surface area (Å²) < 4.78 is 0. The summed E-state index contributed by atoms with van der Waals surface area (Å²) in [6.45, 7) is 13.1. The lowest BCUT2D eigenvalue weighted by Gasteiger charge is -2.49. The van der Waals surface area contributed by atoms with E-state index in [0.717, 1.165) is 12.8 Å². The molecule has 0 radical (unpaired) electrons. The quantitative estimate of drug-likeness (QED) is 0.785. The molecule has 0 saturated carbocycles. The van der Waals surface area contributed by atoms with Crippen LogP contribution < -0.4 is 5.32 Å². The maximum Gasteiger partial charge on any atom is 0.246 e. The molecule has 1 heterocycles. The topological polar surface area (TPSA) is 49.4 Å². The molecule has 0 aliphatic carbocycles. The van der Waals surface area contributed by atoms with Crippen molar-refractivity contribution in [2.24, 2.45) is 11.8 Å². The van der Waals surface area contributed by atoms with Gasteiger partial charge in [-0.2, -0.15) is 0 Å². The van der Waals surface area contributed by atoms with Crippen LogP contribution in [0.25, 0.3) is 0 Å². The first-order valence-corrected chi connectivity index (χ1v) is 8.46. The minimum absolute atomic E-state index is 0.0288. The lowest BCUT2D eigenvalue weighted by molar-refractivity contribution is -0.160. The van der Waals surface area contributed by atoms with Crippen molar-refractivity contribution in [1.82, 2.24) is 10.2 Å². The molecule has 1 saturated heterocycles. The molecule has 0 aromatic rings. The van der Waals surface area contributed by atoms with Gasteiger partial charge in [-0.1, -0.05) is 48.0 Å². The molecule has 2 atom stereocenters. The third-order valence-electron chi connectivity index (χ3n) is 5.07. The summed E-state index contributed by atoms with van der Waals surface area (Å²) in [7, 11) is 0. The van der Waals surface area contributed by atoms with Gasteiger partial charge in [-0.05, 0) is 31.1 Å². The van der Waals surface area contributed by atoms with Gasteiger partial charge >= 0.3 is 0 Å². The molecular formula is C17H32N2O2. The minimum atomic E-state index is -0.657. The van der Waals surface area contributed by atoms with Crippen molar-refractivity contribution in [1.29, 1.82) is 0 Å². The monoisotopic (exact) mass is 296 g/mol. The molecule has 4 nitrogen and oxygen atoms in total. The van der Waals surface area contributed by atoms with Gasteiger partial charge < -0.3 is 10.2 Å². The fraction of sp³-hybridized carbons (Fsp3) is 0.882. The number of carbonyl (C=O) groups is 2. The minimum Gasteiger partial charge on any atom is -0.342 e. The van der Waals surface area contributed by atoms with Gasteiger partial charge in [0.25, 0.3) is 0 Å². The summed E-state index contributed by atoms with van der Waals surface area (Å²) in [5.74, 6) is 0.834. The van der Waals surface area contributed by atoms with E-state index in [4.69, 9.17) is 0 Å². The van der Waals surface area contributed by atoms with Gasteiger partial charge in [-0.3, -0.25) is 9.59 Å². The highest BCUT2D eigenvalue weighted by atomic mass is 16.2. The predicted molar refractivity (Wildman–Crippen MR) is 85.9 cm³/mol. The predicted octanol–water partition coefficient (Wildman–Crippen LogP) is 2.96. The van der Waals surface area contributed by atoms with Crippen LogP contribution >= 0.6 is 0 Å². The third-order valence-corrected chi connectivity index (χ3v) is 5.07. The summed E-state index contributed by atoms with van der Waals surface area (Å²) in [6.07, 6.45) is 3.17. The number of nitrogens with zero attached hydrogens (tertiary/aromatic N) is 1. The molecule has 122 valence electrons. The van der Waals surface area contributed by atoms with Crippen LogP contribution in [-0.2, 0) is 9.59 Å². The van der Waals surface area contributed by atoms with Crippen molar-refractivity contribution in [3.8, 4) is 0 Å². The average molecular weight is 296 g/mol. The van der Waals surface area contributed by atoms with Gasteiger partial charge in [0.15, 0.2) is 0 Å². The van der Waals surface area contributed by atoms with Crippen molar-refractivity contribution >= 4 is 11.8 Å². The van der Waals surface area contributed by atoms with E-state index in [2.05, 4.69) is 26.1 Å². The van der Waals surface area contributed by atoms with E-state index in [9.17, 15) is 9.59 Å². The molecule has 21 heavy (non-hydrogen) atoms. The van der Waals surface area contributed by atoms with E-state index >= 15 is 0 Å². The van der Waals surface area contributed by atoms with E-state index in [0.29, 0.717) is 25.3 Å². The number of carbonyl (C=O) groups excluding carboxylic acids is 2. The molecule has 2 unspecified atom stereocenters. The first-order chi connectivity index (χ1) is 9.83. The third kappa shape index (κ3) is 3.41. The lowest BCUT2D eigenvalue weighted by Crippen LogP contribution is -2.71. The van der Waals surface area contributed by atoms with Gasteiger partial charge in [0.2, 0.25) is 11.8 Å². The summed E-state index contributed by atoms with van der Waals surface area (Å²) in [5, 5.41) is 3.00. The smallest absolute Gasteiger partial charge is 0.246 e. The Kier molecular flexibility index (Phi) is 6.24. The first kappa shape index (κ1) is 18.0. The summed E-state index contributed by atoms with van der Waals surface area (Å²) in [5.41, 5.74) is -0.657. The standard InChI is InChI=1S/C17H32N2O2/c1-7-13(6)14-15(20)19(11-10-12(4)5)17(8-2,9-3)16(21)18-14/h12-14H,7-11H2,1-6H3,(H,18,21). The lowest BCUT2D eigenvalue weighted by atomic mass is 9.83. The molecule has 0 aromatic carbocycles. The summed E-state index contributed by atoms with van der Waals surface area (Å²) in [6, 6.07) is -0.360. The van der Waals surface area contributed by atoms with E-state index in [-0.39, 0.29) is 23.8 Å². The Morgan fingerprint density at radius 3 is 2.14 bits per heavy atom. The van der Waals surface area contributed by atoms with E-state index < -0.39 is 5.54 Å². The molecule has 0 aromatic heterocycles. The molecule has 0 spiro atoms. The van der Waals surface area contributed by atoms with E-state index in [1.54, 1.807) is 0 Å². The average Bonchev–Trinajstić information content (AvgIpc) is 2.46. The highest BCUT2D eigenvalue weighted by Crippen LogP contribution is 2.31. The van der Waals surface area contributed by atoms with E-state index in [1.165, 1.54) is 0 Å². The van der Waals surface area contributed by atoms with Gasteiger partial charge in [-0.25, -0.2) is 0 Å². The Bertz CT molecular complexity index is 375. The van der Waals surface area contributed by atoms with Crippen molar-refractivity contribution in [3.05, 3.63) is 0 Å². The van der Waals surface area contributed by atoms with Gasteiger partial charge in [0.1, 0.15) is 11.6 Å². The van der Waals surface area contributed by atoms with Crippen LogP contribution in [0.2, 0.25) is 0 Å². The van der Waals surface area contributed by atoms with Crippen molar-refractivity contribution in [2.45, 2.75) is 78.8 Å². The first-order valence-electron chi connectivity index (χ1n) is 8.46. The van der Waals surface area contributed by atoms with Crippen molar-refractivity contribution in [2.75, 3.05) is 6.54 Å². The summed E-state index contributed by atoms with van der Waals surface area (Å²) >= 11 is 0. The number of hydrogen-bond acceptors (Lipinski definition) is 2. The second kappa shape index (κ2) is 7.28. The van der Waals surface area contributed by atoms with Crippen LogP contribution in [0.1, 0.15) is 67.2 Å². The Hall–Kier alpha value is -1.06. The van der Waals surface area contributed by atoms with Crippen LogP contribution in [0.4, 0.5) is 0 Å². The highest BCUT2D eigenvalue weighted by Gasteiger charge is 2.50. The Balaban J connectivity index is 3.10. The zero-order chi connectivity index (χ0) is 16.2. The zero-order valence-corrected chi connectivity index (χ0v) is 14.5. The molecule has 1 fully saturated rings. The Labute approximate surface area is 129 Å². The fourth-order valence-corrected chi connectivity index (χ4v) is 3.12. The number of hydrogen-bond donors (Lipinski definition) is 1. The largest absolute Gasteiger partial charge is 0.342 e. The molecule has 2 amide bonds. The van der Waals surface area contributed by atoms with Crippen LogP contribution in [0.15, 0.2) is 0 Å². The molecule has 1 aliphatic heterocycles. The van der Waals surface area contributed by atoms with Crippen LogP contribution in [0.5, 0.6) is 0 Å². The molecule has 0 bridgehead atoms. The second-order valence-electron chi connectivity index (χ2n) is 6.75. The van der Waals surface area contributed by atoms with Gasteiger partial charge in [-0.15, -0.1) is 0 Å². The maximum absolute atomic E-state index is 12.9. The number of rotatable bonds is 7. The number of amides is 2. The summed E-state index contributed by atoms with van der Waals surface area (Å²) in [4.78, 5) is 27.5. The maximum atomic E-state index is 12.9. The SMILES string of the molecule is CCC(C)C1NC(=O)C(CC)(CC)N(CCC(C)C)C1=O. The molecule has 4 heteroatoms. The number of piperazine rings is 1. The molecule has 1 aliphatic rings. The fourth-order valence-electron chi connectivity index (χ4n) is 3.12. The van der Waals surface area contributed by atoms with Crippen molar-refractivity contribution in [3.63, 3.8) is 0 Å². The van der Waals surface area contributed by atoms with Gasteiger partial charge in [0.05, 0.1) is 0 Å². The molecular weight excluding hydrogens is 264 g/mol. The Morgan fingerprint density at radius 1 is 1.14 bits per heavy atom. The molecule has 1 rings (SSSR count). The Morgan fingerprint density at radius 2 is 1.71 bits per heavy atom. The zero-order valence-electron chi connectivity index (χ0n) is 14.5. The van der Waals surface area contributed by atoms with Crippen LogP contribution in [0.3, 0.4) is 0 Å². The van der Waals surface area contributed by atoms with Crippen LogP contribution in [0, 0.1) is 11.8 Å². The second-order valence-corrected chi connectivity index (χ2v) is 6.75. The highest BCUT2D eigenvalue weighted by molar-refractivity contribution is 5.99.